The number of carbonyl (C=O) groups is 2. The fraction of sp³-hybridized carbons (Fsp3) is 0.556. The van der Waals surface area contributed by atoms with Crippen molar-refractivity contribution in [2.45, 2.75) is 45.1 Å². The van der Waals surface area contributed by atoms with E-state index in [2.05, 4.69) is 10.6 Å². The van der Waals surface area contributed by atoms with E-state index in [9.17, 15) is 14.7 Å². The molecule has 0 spiro atoms. The molecule has 0 radical (unpaired) electrons. The number of anilines is 1. The molecule has 0 bridgehead atoms. The van der Waals surface area contributed by atoms with Crippen molar-refractivity contribution in [3.8, 4) is 5.75 Å². The minimum absolute atomic E-state index is 0.111. The molecule has 0 saturated heterocycles. The average molecular weight is 334 g/mol. The third-order valence-electron chi connectivity index (χ3n) is 4.30. The molecule has 1 aromatic carbocycles. The van der Waals surface area contributed by atoms with E-state index >= 15 is 0 Å². The van der Waals surface area contributed by atoms with Gasteiger partial charge < -0.3 is 20.5 Å². The predicted molar refractivity (Wildman–Crippen MR) is 91.8 cm³/mol. The van der Waals surface area contributed by atoms with Crippen molar-refractivity contribution in [3.63, 3.8) is 0 Å². The third-order valence-corrected chi connectivity index (χ3v) is 4.30. The Labute approximate surface area is 142 Å². The number of amides is 2. The van der Waals surface area contributed by atoms with Crippen molar-refractivity contribution >= 4 is 17.5 Å². The maximum Gasteiger partial charge on any atom is 0.313 e. The Morgan fingerprint density at radius 3 is 2.46 bits per heavy atom. The molecule has 3 N–H and O–H groups in total. The van der Waals surface area contributed by atoms with Crippen LogP contribution in [-0.2, 0) is 9.59 Å². The van der Waals surface area contributed by atoms with Crippen LogP contribution in [-0.4, -0.2) is 36.2 Å². The van der Waals surface area contributed by atoms with E-state index in [0.717, 1.165) is 25.7 Å². The number of hydrogen-bond acceptors (Lipinski definition) is 4. The van der Waals surface area contributed by atoms with Gasteiger partial charge >= 0.3 is 11.8 Å². The number of aliphatic hydroxyl groups excluding tert-OH is 1. The van der Waals surface area contributed by atoms with Gasteiger partial charge in [0, 0.05) is 12.2 Å². The van der Waals surface area contributed by atoms with Crippen molar-refractivity contribution in [2.75, 3.05) is 18.5 Å². The topological polar surface area (TPSA) is 87.7 Å². The molecule has 0 heterocycles. The van der Waals surface area contributed by atoms with Crippen LogP contribution in [0.3, 0.4) is 0 Å². The molecule has 1 atom stereocenters. The SMILES string of the molecule is CCOc1ccc(NC(=O)C(=O)NC[C@@H](O)C2CCCCC2)cc1. The van der Waals surface area contributed by atoms with Crippen molar-refractivity contribution < 1.29 is 19.4 Å². The Morgan fingerprint density at radius 1 is 1.17 bits per heavy atom. The lowest BCUT2D eigenvalue weighted by Gasteiger charge is -2.26. The molecular formula is C18H26N2O4. The summed E-state index contributed by atoms with van der Waals surface area (Å²) in [6.45, 7) is 2.57. The molecule has 2 rings (SSSR count). The summed E-state index contributed by atoms with van der Waals surface area (Å²) in [5, 5.41) is 15.1. The highest BCUT2D eigenvalue weighted by molar-refractivity contribution is 6.39. The van der Waals surface area contributed by atoms with Crippen LogP contribution in [0, 0.1) is 5.92 Å². The summed E-state index contributed by atoms with van der Waals surface area (Å²) < 4.78 is 5.32. The second kappa shape index (κ2) is 9.27. The van der Waals surface area contributed by atoms with Gasteiger partial charge in [-0.1, -0.05) is 19.3 Å². The first-order valence-corrected chi connectivity index (χ1v) is 8.60. The Morgan fingerprint density at radius 2 is 1.83 bits per heavy atom. The van der Waals surface area contributed by atoms with Crippen molar-refractivity contribution in [2.24, 2.45) is 5.92 Å². The van der Waals surface area contributed by atoms with E-state index in [1.165, 1.54) is 6.42 Å². The van der Waals surface area contributed by atoms with Crippen molar-refractivity contribution in [1.82, 2.24) is 5.32 Å². The highest BCUT2D eigenvalue weighted by atomic mass is 16.5. The summed E-state index contributed by atoms with van der Waals surface area (Å²) in [6.07, 6.45) is 4.82. The lowest BCUT2D eigenvalue weighted by Crippen LogP contribution is -2.42. The molecule has 0 unspecified atom stereocenters. The molecule has 1 saturated carbocycles. The molecule has 1 aliphatic carbocycles. The van der Waals surface area contributed by atoms with Crippen LogP contribution in [0.15, 0.2) is 24.3 Å². The predicted octanol–water partition coefficient (Wildman–Crippen LogP) is 2.08. The van der Waals surface area contributed by atoms with E-state index in [4.69, 9.17) is 4.74 Å². The summed E-state index contributed by atoms with van der Waals surface area (Å²) in [7, 11) is 0. The van der Waals surface area contributed by atoms with Crippen LogP contribution in [0.4, 0.5) is 5.69 Å². The van der Waals surface area contributed by atoms with E-state index in [1.807, 2.05) is 6.92 Å². The van der Waals surface area contributed by atoms with Gasteiger partial charge in [0.05, 0.1) is 12.7 Å². The highest BCUT2D eigenvalue weighted by Crippen LogP contribution is 2.26. The first kappa shape index (κ1) is 18.3. The fourth-order valence-corrected chi connectivity index (χ4v) is 2.95. The van der Waals surface area contributed by atoms with Crippen LogP contribution in [0.2, 0.25) is 0 Å². The molecule has 6 heteroatoms. The zero-order valence-corrected chi connectivity index (χ0v) is 14.1. The Bertz CT molecular complexity index is 538. The zero-order chi connectivity index (χ0) is 17.4. The number of benzene rings is 1. The quantitative estimate of drug-likeness (QED) is 0.695. The van der Waals surface area contributed by atoms with Crippen molar-refractivity contribution in [1.29, 1.82) is 0 Å². The minimum atomic E-state index is -0.741. The maximum atomic E-state index is 11.9. The molecule has 0 aliphatic heterocycles. The molecule has 0 aromatic heterocycles. The third kappa shape index (κ3) is 5.53. The first-order chi connectivity index (χ1) is 11.6. The van der Waals surface area contributed by atoms with Crippen LogP contribution >= 0.6 is 0 Å². The van der Waals surface area contributed by atoms with E-state index < -0.39 is 17.9 Å². The van der Waals surface area contributed by atoms with E-state index in [0.29, 0.717) is 18.0 Å². The molecule has 6 nitrogen and oxygen atoms in total. The van der Waals surface area contributed by atoms with Gasteiger partial charge in [0.15, 0.2) is 0 Å². The molecule has 1 aliphatic rings. The number of rotatable bonds is 6. The fourth-order valence-electron chi connectivity index (χ4n) is 2.95. The lowest BCUT2D eigenvalue weighted by molar-refractivity contribution is -0.136. The number of ether oxygens (including phenoxy) is 1. The lowest BCUT2D eigenvalue weighted by atomic mass is 9.85. The Hall–Kier alpha value is -2.08. The largest absolute Gasteiger partial charge is 0.494 e. The van der Waals surface area contributed by atoms with Gasteiger partial charge in [-0.15, -0.1) is 0 Å². The smallest absolute Gasteiger partial charge is 0.313 e. The number of nitrogens with one attached hydrogen (secondary N) is 2. The van der Waals surface area contributed by atoms with Gasteiger partial charge in [-0.3, -0.25) is 9.59 Å². The zero-order valence-electron chi connectivity index (χ0n) is 14.1. The molecular weight excluding hydrogens is 308 g/mol. The number of aliphatic hydroxyl groups is 1. The number of carbonyl (C=O) groups excluding carboxylic acids is 2. The van der Waals surface area contributed by atoms with E-state index in [1.54, 1.807) is 24.3 Å². The van der Waals surface area contributed by atoms with Crippen LogP contribution in [0.1, 0.15) is 39.0 Å². The van der Waals surface area contributed by atoms with Crippen LogP contribution in [0.25, 0.3) is 0 Å². The van der Waals surface area contributed by atoms with Crippen LogP contribution < -0.4 is 15.4 Å². The summed E-state index contributed by atoms with van der Waals surface area (Å²) >= 11 is 0. The van der Waals surface area contributed by atoms with Gasteiger partial charge in [0.2, 0.25) is 0 Å². The Balaban J connectivity index is 1.76. The van der Waals surface area contributed by atoms with Gasteiger partial charge in [0.1, 0.15) is 5.75 Å². The normalized spacial score (nSPS) is 16.2. The first-order valence-electron chi connectivity index (χ1n) is 8.60. The minimum Gasteiger partial charge on any atom is -0.494 e. The maximum absolute atomic E-state index is 11.9. The average Bonchev–Trinajstić information content (AvgIpc) is 2.62. The second-order valence-corrected chi connectivity index (χ2v) is 6.09. The second-order valence-electron chi connectivity index (χ2n) is 6.09. The van der Waals surface area contributed by atoms with Gasteiger partial charge in [-0.2, -0.15) is 0 Å². The monoisotopic (exact) mass is 334 g/mol. The summed E-state index contributed by atoms with van der Waals surface area (Å²) in [6, 6.07) is 6.80. The Kier molecular flexibility index (Phi) is 7.06. The summed E-state index contributed by atoms with van der Waals surface area (Å²) in [4.78, 5) is 23.7. The molecule has 2 amide bonds. The van der Waals surface area contributed by atoms with Gasteiger partial charge in [-0.05, 0) is 49.9 Å². The van der Waals surface area contributed by atoms with Gasteiger partial charge in [0.25, 0.3) is 0 Å². The standard InChI is InChI=1S/C18H26N2O4/c1-2-24-15-10-8-14(9-11-15)20-18(23)17(22)19-12-16(21)13-6-4-3-5-7-13/h8-11,13,16,21H,2-7,12H2,1H3,(H,19,22)(H,20,23)/t16-/m1/s1. The summed E-state index contributed by atoms with van der Waals surface area (Å²) in [5.41, 5.74) is 0.520. The molecule has 1 fully saturated rings. The molecule has 132 valence electrons. The summed E-state index contributed by atoms with van der Waals surface area (Å²) in [5.74, 6) is -0.558. The van der Waals surface area contributed by atoms with E-state index in [-0.39, 0.29) is 12.5 Å². The van der Waals surface area contributed by atoms with Gasteiger partial charge in [-0.25, -0.2) is 0 Å². The van der Waals surface area contributed by atoms with Crippen LogP contribution in [0.5, 0.6) is 5.75 Å². The highest BCUT2D eigenvalue weighted by Gasteiger charge is 2.23. The number of hydrogen-bond donors (Lipinski definition) is 3. The molecule has 1 aromatic rings. The molecule has 24 heavy (non-hydrogen) atoms. The van der Waals surface area contributed by atoms with Crippen molar-refractivity contribution in [3.05, 3.63) is 24.3 Å².